The summed E-state index contributed by atoms with van der Waals surface area (Å²) in [7, 11) is 1.85. The smallest absolute Gasteiger partial charge is 0.193 e. The summed E-state index contributed by atoms with van der Waals surface area (Å²) in [6, 6.07) is 8.30. The van der Waals surface area contributed by atoms with Crippen molar-refractivity contribution in [3.63, 3.8) is 0 Å². The third-order valence-corrected chi connectivity index (χ3v) is 5.30. The summed E-state index contributed by atoms with van der Waals surface area (Å²) in [5, 5.41) is 10.3. The molecular formula is C17H25IN6S. The van der Waals surface area contributed by atoms with E-state index in [1.165, 1.54) is 11.9 Å². The molecule has 25 heavy (non-hydrogen) atoms. The number of hydrogen-bond donors (Lipinski definition) is 2. The van der Waals surface area contributed by atoms with Gasteiger partial charge in [0.1, 0.15) is 6.33 Å². The lowest BCUT2D eigenvalue weighted by atomic mass is 10.1. The minimum atomic E-state index is 0. The Hall–Kier alpha value is -1.29. The maximum absolute atomic E-state index is 4.46. The summed E-state index contributed by atoms with van der Waals surface area (Å²) in [5.74, 6) is 2.89. The lowest BCUT2D eigenvalue weighted by molar-refractivity contribution is 0.376. The van der Waals surface area contributed by atoms with Gasteiger partial charge < -0.3 is 10.2 Å². The van der Waals surface area contributed by atoms with Crippen LogP contribution in [0.1, 0.15) is 19.4 Å². The van der Waals surface area contributed by atoms with Gasteiger partial charge >= 0.3 is 0 Å². The number of nitrogens with one attached hydrogen (secondary N) is 2. The summed E-state index contributed by atoms with van der Waals surface area (Å²) < 4.78 is 0.266. The Morgan fingerprint density at radius 2 is 2.28 bits per heavy atom. The molecule has 136 valence electrons. The molecule has 3 rings (SSSR count). The van der Waals surface area contributed by atoms with Crippen molar-refractivity contribution in [3.8, 4) is 11.4 Å². The Balaban J connectivity index is 0.00000225. The number of rotatable bonds is 3. The molecule has 1 aliphatic heterocycles. The van der Waals surface area contributed by atoms with E-state index >= 15 is 0 Å². The maximum atomic E-state index is 4.46. The average Bonchev–Trinajstić information content (AvgIpc) is 3.09. The van der Waals surface area contributed by atoms with Crippen molar-refractivity contribution >= 4 is 41.7 Å². The molecule has 8 heteroatoms. The zero-order valence-electron chi connectivity index (χ0n) is 14.8. The summed E-state index contributed by atoms with van der Waals surface area (Å²) in [4.78, 5) is 11.0. The second kappa shape index (κ2) is 8.88. The van der Waals surface area contributed by atoms with Gasteiger partial charge in [-0.1, -0.05) is 18.2 Å². The Labute approximate surface area is 170 Å². The molecule has 0 radical (unpaired) electrons. The molecular weight excluding hydrogens is 447 g/mol. The van der Waals surface area contributed by atoms with Gasteiger partial charge in [0.25, 0.3) is 0 Å². The van der Waals surface area contributed by atoms with E-state index in [0.29, 0.717) is 0 Å². The van der Waals surface area contributed by atoms with E-state index in [1.54, 1.807) is 0 Å². The molecule has 1 aliphatic rings. The molecule has 0 aliphatic carbocycles. The molecule has 2 aromatic rings. The van der Waals surface area contributed by atoms with Crippen molar-refractivity contribution in [1.29, 1.82) is 0 Å². The van der Waals surface area contributed by atoms with Gasteiger partial charge in [-0.05, 0) is 25.5 Å². The van der Waals surface area contributed by atoms with Crippen molar-refractivity contribution in [1.82, 2.24) is 25.4 Å². The number of aromatic nitrogens is 3. The van der Waals surface area contributed by atoms with Crippen LogP contribution in [0.2, 0.25) is 0 Å². The molecule has 0 saturated carbocycles. The number of nitrogens with zero attached hydrogens (tertiary/aromatic N) is 4. The number of thioether (sulfide) groups is 1. The zero-order chi connectivity index (χ0) is 17.0. The Morgan fingerprint density at radius 1 is 1.44 bits per heavy atom. The predicted molar refractivity (Wildman–Crippen MR) is 116 cm³/mol. The van der Waals surface area contributed by atoms with Gasteiger partial charge in [-0.25, -0.2) is 4.98 Å². The van der Waals surface area contributed by atoms with Crippen LogP contribution in [0, 0.1) is 0 Å². The largest absolute Gasteiger partial charge is 0.352 e. The number of halogens is 1. The van der Waals surface area contributed by atoms with E-state index in [4.69, 9.17) is 0 Å². The molecule has 1 aromatic carbocycles. The molecule has 1 aromatic heterocycles. The molecule has 1 fully saturated rings. The van der Waals surface area contributed by atoms with Crippen molar-refractivity contribution in [2.24, 2.45) is 4.99 Å². The van der Waals surface area contributed by atoms with E-state index in [1.807, 2.05) is 30.9 Å². The van der Waals surface area contributed by atoms with Gasteiger partial charge in [0, 0.05) is 42.7 Å². The number of aliphatic imine (C=N–C) groups is 1. The number of aromatic amines is 1. The SMILES string of the molecule is CN=C(NCc1cccc(-c2ncn[nH]2)c1)N1CCSC(C)(C)C1.I. The molecule has 6 nitrogen and oxygen atoms in total. The third-order valence-electron chi connectivity index (χ3n) is 4.00. The van der Waals surface area contributed by atoms with Gasteiger partial charge in [-0.2, -0.15) is 16.9 Å². The highest BCUT2D eigenvalue weighted by atomic mass is 127. The minimum absolute atomic E-state index is 0. The summed E-state index contributed by atoms with van der Waals surface area (Å²) in [6.07, 6.45) is 1.53. The maximum Gasteiger partial charge on any atom is 0.193 e. The topological polar surface area (TPSA) is 69.2 Å². The van der Waals surface area contributed by atoms with Gasteiger partial charge in [-0.3, -0.25) is 10.1 Å². The molecule has 0 bridgehead atoms. The van der Waals surface area contributed by atoms with Crippen LogP contribution < -0.4 is 5.32 Å². The second-order valence-corrected chi connectivity index (χ2v) is 8.27. The summed E-state index contributed by atoms with van der Waals surface area (Å²) >= 11 is 2.03. The van der Waals surface area contributed by atoms with Crippen molar-refractivity contribution in [2.45, 2.75) is 25.1 Å². The molecule has 0 atom stereocenters. The van der Waals surface area contributed by atoms with Crippen LogP contribution in [0.3, 0.4) is 0 Å². The van der Waals surface area contributed by atoms with Crippen LogP contribution in [0.25, 0.3) is 11.4 Å². The van der Waals surface area contributed by atoms with Gasteiger partial charge in [0.2, 0.25) is 0 Å². The Kier molecular flexibility index (Phi) is 7.12. The first-order valence-corrected chi connectivity index (χ1v) is 9.10. The normalized spacial score (nSPS) is 17.1. The highest BCUT2D eigenvalue weighted by Crippen LogP contribution is 2.29. The van der Waals surface area contributed by atoms with Crippen LogP contribution in [0.4, 0.5) is 0 Å². The van der Waals surface area contributed by atoms with E-state index < -0.39 is 0 Å². The van der Waals surface area contributed by atoms with Gasteiger partial charge in [0.05, 0.1) is 0 Å². The van der Waals surface area contributed by atoms with Crippen LogP contribution in [-0.2, 0) is 6.54 Å². The standard InChI is InChI=1S/C17H24N6S.HI/c1-17(2)11-23(7-8-24-17)16(18-3)19-10-13-5-4-6-14(9-13)15-20-12-21-22-15;/h4-6,9,12H,7-8,10-11H2,1-3H3,(H,18,19)(H,20,21,22);1H. The van der Waals surface area contributed by atoms with E-state index in [9.17, 15) is 0 Å². The van der Waals surface area contributed by atoms with Crippen molar-refractivity contribution < 1.29 is 0 Å². The van der Waals surface area contributed by atoms with Crippen LogP contribution >= 0.6 is 35.7 Å². The van der Waals surface area contributed by atoms with E-state index in [2.05, 4.69) is 56.4 Å². The number of H-pyrrole nitrogens is 1. The van der Waals surface area contributed by atoms with Crippen LogP contribution in [-0.4, -0.2) is 56.7 Å². The molecule has 2 N–H and O–H groups in total. The number of hydrogen-bond acceptors (Lipinski definition) is 4. The third kappa shape index (κ3) is 5.34. The molecule has 2 heterocycles. The van der Waals surface area contributed by atoms with Crippen molar-refractivity contribution in [2.75, 3.05) is 25.9 Å². The monoisotopic (exact) mass is 472 g/mol. The Morgan fingerprint density at radius 3 is 2.96 bits per heavy atom. The average molecular weight is 472 g/mol. The first-order valence-electron chi connectivity index (χ1n) is 8.12. The fourth-order valence-corrected chi connectivity index (χ4v) is 4.00. The molecule has 1 saturated heterocycles. The van der Waals surface area contributed by atoms with Crippen LogP contribution in [0.5, 0.6) is 0 Å². The summed E-state index contributed by atoms with van der Waals surface area (Å²) in [6.45, 7) is 7.36. The van der Waals surface area contributed by atoms with Gasteiger partial charge in [0.15, 0.2) is 11.8 Å². The quantitative estimate of drug-likeness (QED) is 0.409. The lowest BCUT2D eigenvalue weighted by Crippen LogP contribution is -2.50. The summed E-state index contributed by atoms with van der Waals surface area (Å²) in [5.41, 5.74) is 2.23. The minimum Gasteiger partial charge on any atom is -0.352 e. The van der Waals surface area contributed by atoms with E-state index in [0.717, 1.165) is 42.7 Å². The number of guanidine groups is 1. The second-order valence-electron chi connectivity index (χ2n) is 6.46. The van der Waals surface area contributed by atoms with E-state index in [-0.39, 0.29) is 28.7 Å². The highest BCUT2D eigenvalue weighted by molar-refractivity contribution is 14.0. The first kappa shape index (κ1) is 20.0. The van der Waals surface area contributed by atoms with Crippen molar-refractivity contribution in [3.05, 3.63) is 36.2 Å². The first-order chi connectivity index (χ1) is 11.6. The zero-order valence-corrected chi connectivity index (χ0v) is 18.0. The van der Waals surface area contributed by atoms with Crippen LogP contribution in [0.15, 0.2) is 35.6 Å². The molecule has 0 amide bonds. The Bertz CT molecular complexity index is 701. The highest BCUT2D eigenvalue weighted by Gasteiger charge is 2.28. The molecule has 0 unspecified atom stereocenters. The fraction of sp³-hybridized carbons (Fsp3) is 0.471. The predicted octanol–water partition coefficient (Wildman–Crippen LogP) is 2.99. The fourth-order valence-electron chi connectivity index (χ4n) is 2.88. The lowest BCUT2D eigenvalue weighted by Gasteiger charge is -2.39. The number of benzene rings is 1. The van der Waals surface area contributed by atoms with Gasteiger partial charge in [-0.15, -0.1) is 24.0 Å². The molecule has 0 spiro atoms.